The molecule has 0 aliphatic heterocycles. The molecule has 0 amide bonds. The van der Waals surface area contributed by atoms with E-state index in [1.165, 1.54) is 16.7 Å². The normalized spacial score (nSPS) is 13.3. The third kappa shape index (κ3) is 7.52. The van der Waals surface area contributed by atoms with Gasteiger partial charge in [-0.25, -0.2) is 0 Å². The maximum absolute atomic E-state index is 5.56. The Kier molecular flexibility index (Phi) is 9.77. The lowest BCUT2D eigenvalue weighted by molar-refractivity contribution is 0.0205. The Morgan fingerprint density at radius 1 is 1.22 bits per heavy atom. The number of nitrogens with one attached hydrogen (secondary N) is 2. The number of nitrogens with zero attached hydrogens (tertiary/aromatic N) is 1. The average molecular weight is 433 g/mol. The number of ether oxygens (including phenoxy) is 1. The first-order valence-electron chi connectivity index (χ1n) is 7.81. The number of methoxy groups -OCH3 is 1. The van der Waals surface area contributed by atoms with Crippen LogP contribution in [0, 0.1) is 19.3 Å². The van der Waals surface area contributed by atoms with Gasteiger partial charge in [0, 0.05) is 27.2 Å². The van der Waals surface area contributed by atoms with Crippen LogP contribution in [0.1, 0.15) is 37.5 Å². The molecule has 2 N–H and O–H groups in total. The van der Waals surface area contributed by atoms with Crippen molar-refractivity contribution in [2.24, 2.45) is 10.4 Å². The van der Waals surface area contributed by atoms with E-state index in [-0.39, 0.29) is 35.5 Å². The summed E-state index contributed by atoms with van der Waals surface area (Å²) in [5, 5.41) is 6.70. The summed E-state index contributed by atoms with van der Waals surface area (Å²) in [4.78, 5) is 4.28. The topological polar surface area (TPSA) is 45.7 Å². The van der Waals surface area contributed by atoms with Gasteiger partial charge in [0.25, 0.3) is 0 Å². The summed E-state index contributed by atoms with van der Waals surface area (Å²) in [5.74, 6) is 0.797. The van der Waals surface area contributed by atoms with Crippen molar-refractivity contribution in [3.8, 4) is 0 Å². The third-order valence-electron chi connectivity index (χ3n) is 3.87. The second-order valence-corrected chi connectivity index (χ2v) is 6.83. The van der Waals surface area contributed by atoms with Gasteiger partial charge < -0.3 is 15.4 Å². The van der Waals surface area contributed by atoms with Gasteiger partial charge in [0.15, 0.2) is 5.96 Å². The highest BCUT2D eigenvalue weighted by molar-refractivity contribution is 14.0. The van der Waals surface area contributed by atoms with E-state index < -0.39 is 0 Å². The van der Waals surface area contributed by atoms with Crippen LogP contribution in [0.2, 0.25) is 0 Å². The quantitative estimate of drug-likeness (QED) is 0.424. The number of guanidine groups is 1. The Morgan fingerprint density at radius 2 is 1.87 bits per heavy atom. The Balaban J connectivity index is 0.00000484. The number of rotatable bonds is 5. The molecule has 0 aliphatic carbocycles. The molecule has 1 atom stereocenters. The van der Waals surface area contributed by atoms with Crippen LogP contribution in [0.5, 0.6) is 0 Å². The van der Waals surface area contributed by atoms with Crippen molar-refractivity contribution < 1.29 is 4.74 Å². The summed E-state index contributed by atoms with van der Waals surface area (Å²) in [6, 6.07) is 6.51. The number of hydrogen-bond acceptors (Lipinski definition) is 2. The fraction of sp³-hybridized carbons (Fsp3) is 0.611. The maximum atomic E-state index is 5.56. The SMILES string of the molecule is CN=C(NCc1ccc(C)cc1C)NCC(OC)C(C)(C)C.I. The van der Waals surface area contributed by atoms with E-state index in [0.717, 1.165) is 19.0 Å². The van der Waals surface area contributed by atoms with Crippen molar-refractivity contribution in [2.45, 2.75) is 47.3 Å². The molecule has 1 rings (SSSR count). The van der Waals surface area contributed by atoms with E-state index in [0.29, 0.717) is 0 Å². The summed E-state index contributed by atoms with van der Waals surface area (Å²) < 4.78 is 5.56. The van der Waals surface area contributed by atoms with Crippen molar-refractivity contribution in [2.75, 3.05) is 20.7 Å². The molecule has 0 spiro atoms. The number of aryl methyl sites for hydroxylation is 2. The minimum atomic E-state index is 0. The number of aliphatic imine (C=N–C) groups is 1. The Labute approximate surface area is 158 Å². The smallest absolute Gasteiger partial charge is 0.191 e. The zero-order chi connectivity index (χ0) is 16.8. The zero-order valence-electron chi connectivity index (χ0n) is 15.5. The lowest BCUT2D eigenvalue weighted by atomic mass is 9.89. The monoisotopic (exact) mass is 433 g/mol. The molecule has 4 nitrogen and oxygen atoms in total. The summed E-state index contributed by atoms with van der Waals surface area (Å²) in [5.41, 5.74) is 3.96. The third-order valence-corrected chi connectivity index (χ3v) is 3.87. The van der Waals surface area contributed by atoms with E-state index in [1.807, 2.05) is 0 Å². The van der Waals surface area contributed by atoms with E-state index >= 15 is 0 Å². The first-order valence-corrected chi connectivity index (χ1v) is 7.81. The van der Waals surface area contributed by atoms with Crippen LogP contribution in [0.25, 0.3) is 0 Å². The van der Waals surface area contributed by atoms with Crippen LogP contribution >= 0.6 is 24.0 Å². The molecule has 132 valence electrons. The molecular formula is C18H32IN3O. The lowest BCUT2D eigenvalue weighted by Gasteiger charge is -2.30. The molecule has 0 radical (unpaired) electrons. The van der Waals surface area contributed by atoms with Crippen LogP contribution in [-0.4, -0.2) is 32.8 Å². The molecule has 1 aromatic rings. The van der Waals surface area contributed by atoms with E-state index in [1.54, 1.807) is 14.2 Å². The van der Waals surface area contributed by atoms with Gasteiger partial charge in [-0.1, -0.05) is 44.5 Å². The van der Waals surface area contributed by atoms with Crippen molar-refractivity contribution in [1.29, 1.82) is 0 Å². The van der Waals surface area contributed by atoms with E-state index in [4.69, 9.17) is 4.74 Å². The fourth-order valence-electron chi connectivity index (χ4n) is 2.38. The molecule has 0 saturated carbocycles. The van der Waals surface area contributed by atoms with Crippen molar-refractivity contribution in [3.05, 3.63) is 34.9 Å². The molecular weight excluding hydrogens is 401 g/mol. The highest BCUT2D eigenvalue weighted by Gasteiger charge is 2.24. The van der Waals surface area contributed by atoms with Gasteiger partial charge in [-0.2, -0.15) is 0 Å². The molecule has 1 unspecified atom stereocenters. The lowest BCUT2D eigenvalue weighted by Crippen LogP contribution is -2.45. The summed E-state index contributed by atoms with van der Waals surface area (Å²) in [7, 11) is 3.54. The zero-order valence-corrected chi connectivity index (χ0v) is 17.8. The van der Waals surface area contributed by atoms with E-state index in [9.17, 15) is 0 Å². The van der Waals surface area contributed by atoms with E-state index in [2.05, 4.69) is 68.4 Å². The fourth-order valence-corrected chi connectivity index (χ4v) is 2.38. The molecule has 5 heteroatoms. The summed E-state index contributed by atoms with van der Waals surface area (Å²) in [6.07, 6.45) is 0.132. The van der Waals surface area contributed by atoms with Gasteiger partial charge in [-0.3, -0.25) is 4.99 Å². The van der Waals surface area contributed by atoms with Crippen LogP contribution in [-0.2, 0) is 11.3 Å². The summed E-state index contributed by atoms with van der Waals surface area (Å²) in [6.45, 7) is 12.3. The van der Waals surface area contributed by atoms with Crippen LogP contribution in [0.4, 0.5) is 0 Å². The first kappa shape index (κ1) is 22.2. The second-order valence-electron chi connectivity index (χ2n) is 6.83. The molecule has 23 heavy (non-hydrogen) atoms. The van der Waals surface area contributed by atoms with Crippen LogP contribution in [0.3, 0.4) is 0 Å². The molecule has 0 bridgehead atoms. The van der Waals surface area contributed by atoms with Crippen LogP contribution in [0.15, 0.2) is 23.2 Å². The molecule has 0 saturated heterocycles. The largest absolute Gasteiger partial charge is 0.379 e. The minimum absolute atomic E-state index is 0. The molecule has 0 fully saturated rings. The predicted octanol–water partition coefficient (Wildman–Crippen LogP) is 3.65. The minimum Gasteiger partial charge on any atom is -0.379 e. The van der Waals surface area contributed by atoms with Crippen molar-refractivity contribution in [1.82, 2.24) is 10.6 Å². The molecule has 0 heterocycles. The van der Waals surface area contributed by atoms with Gasteiger partial charge in [-0.05, 0) is 30.4 Å². The van der Waals surface area contributed by atoms with Gasteiger partial charge in [-0.15, -0.1) is 24.0 Å². The number of halogens is 1. The molecule has 0 aliphatic rings. The Morgan fingerprint density at radius 3 is 2.35 bits per heavy atom. The Hall–Kier alpha value is -0.820. The molecule has 1 aromatic carbocycles. The highest BCUT2D eigenvalue weighted by atomic mass is 127. The van der Waals surface area contributed by atoms with Crippen molar-refractivity contribution >= 4 is 29.9 Å². The van der Waals surface area contributed by atoms with Gasteiger partial charge in [0.05, 0.1) is 6.10 Å². The predicted molar refractivity (Wildman–Crippen MR) is 110 cm³/mol. The standard InChI is InChI=1S/C18H31N3O.HI/c1-13-8-9-15(14(2)10-13)11-20-17(19-6)21-12-16(22-7)18(3,4)5;/h8-10,16H,11-12H2,1-7H3,(H2,19,20,21);1H. The average Bonchev–Trinajstić information content (AvgIpc) is 2.43. The van der Waals surface area contributed by atoms with Gasteiger partial charge in [0.1, 0.15) is 0 Å². The van der Waals surface area contributed by atoms with Crippen LogP contribution < -0.4 is 10.6 Å². The highest BCUT2D eigenvalue weighted by Crippen LogP contribution is 2.20. The number of benzene rings is 1. The van der Waals surface area contributed by atoms with Gasteiger partial charge in [0.2, 0.25) is 0 Å². The van der Waals surface area contributed by atoms with Crippen molar-refractivity contribution in [3.63, 3.8) is 0 Å². The summed E-state index contributed by atoms with van der Waals surface area (Å²) >= 11 is 0. The Bertz CT molecular complexity index is 509. The van der Waals surface area contributed by atoms with Gasteiger partial charge >= 0.3 is 0 Å². The maximum Gasteiger partial charge on any atom is 0.191 e. The number of hydrogen-bond donors (Lipinski definition) is 2. The second kappa shape index (κ2) is 10.1. The first-order chi connectivity index (χ1) is 10.3. The molecule has 0 aromatic heterocycles.